The number of hydrogen-bond donors (Lipinski definition) is 2. The SMILES string of the molecule is CC1CCN(CCC(O)c2ccc3c(c2)NC(=O)C(C)O3)CC1. The van der Waals surface area contributed by atoms with Gasteiger partial charge in [-0.1, -0.05) is 13.0 Å². The fourth-order valence-electron chi connectivity index (χ4n) is 3.19. The van der Waals surface area contributed by atoms with Gasteiger partial charge in [0, 0.05) is 6.54 Å². The molecule has 1 fully saturated rings. The highest BCUT2D eigenvalue weighted by atomic mass is 16.5. The van der Waals surface area contributed by atoms with E-state index in [0.717, 1.165) is 31.1 Å². The van der Waals surface area contributed by atoms with Crippen molar-refractivity contribution in [2.45, 2.75) is 45.3 Å². The van der Waals surface area contributed by atoms with E-state index in [1.807, 2.05) is 18.2 Å². The highest BCUT2D eigenvalue weighted by Crippen LogP contribution is 2.33. The molecule has 0 aromatic heterocycles. The Hall–Kier alpha value is -1.59. The van der Waals surface area contributed by atoms with E-state index in [0.29, 0.717) is 17.9 Å². The van der Waals surface area contributed by atoms with Crippen LogP contribution in [0.25, 0.3) is 0 Å². The van der Waals surface area contributed by atoms with Crippen LogP contribution in [0.2, 0.25) is 0 Å². The maximum atomic E-state index is 11.7. The number of anilines is 1. The number of hydrogen-bond acceptors (Lipinski definition) is 4. The van der Waals surface area contributed by atoms with Gasteiger partial charge >= 0.3 is 0 Å². The van der Waals surface area contributed by atoms with Crippen LogP contribution in [0.5, 0.6) is 5.75 Å². The van der Waals surface area contributed by atoms with Crippen molar-refractivity contribution >= 4 is 11.6 Å². The zero-order chi connectivity index (χ0) is 16.4. The van der Waals surface area contributed by atoms with Crippen molar-refractivity contribution in [3.63, 3.8) is 0 Å². The van der Waals surface area contributed by atoms with Gasteiger partial charge in [0.1, 0.15) is 5.75 Å². The number of benzene rings is 1. The topological polar surface area (TPSA) is 61.8 Å². The molecule has 23 heavy (non-hydrogen) atoms. The number of fused-ring (bicyclic) bond motifs is 1. The fraction of sp³-hybridized carbons (Fsp3) is 0.611. The number of nitrogens with zero attached hydrogens (tertiary/aromatic N) is 1. The van der Waals surface area contributed by atoms with E-state index in [-0.39, 0.29) is 5.91 Å². The molecule has 1 aromatic rings. The number of carbonyl (C=O) groups is 1. The van der Waals surface area contributed by atoms with Gasteiger partial charge in [-0.15, -0.1) is 0 Å². The largest absolute Gasteiger partial charge is 0.479 e. The van der Waals surface area contributed by atoms with E-state index in [2.05, 4.69) is 17.1 Å². The van der Waals surface area contributed by atoms with Crippen molar-refractivity contribution in [2.24, 2.45) is 5.92 Å². The van der Waals surface area contributed by atoms with E-state index in [9.17, 15) is 9.90 Å². The fourth-order valence-corrected chi connectivity index (χ4v) is 3.19. The van der Waals surface area contributed by atoms with E-state index in [1.165, 1.54) is 12.8 Å². The normalized spacial score (nSPS) is 23.8. The van der Waals surface area contributed by atoms with Gasteiger partial charge in [0.25, 0.3) is 5.91 Å². The third kappa shape index (κ3) is 3.85. The van der Waals surface area contributed by atoms with Gasteiger partial charge in [0.15, 0.2) is 6.10 Å². The summed E-state index contributed by atoms with van der Waals surface area (Å²) in [6, 6.07) is 5.53. The molecular formula is C18H26N2O3. The number of likely N-dealkylation sites (tertiary alicyclic amines) is 1. The highest BCUT2D eigenvalue weighted by molar-refractivity contribution is 5.97. The lowest BCUT2D eigenvalue weighted by atomic mass is 9.98. The zero-order valence-corrected chi connectivity index (χ0v) is 13.9. The molecule has 5 nitrogen and oxygen atoms in total. The second kappa shape index (κ2) is 6.89. The smallest absolute Gasteiger partial charge is 0.265 e. The van der Waals surface area contributed by atoms with E-state index in [1.54, 1.807) is 6.92 Å². The number of carbonyl (C=O) groups excluding carboxylic acids is 1. The van der Waals surface area contributed by atoms with E-state index < -0.39 is 12.2 Å². The van der Waals surface area contributed by atoms with Crippen molar-refractivity contribution in [1.29, 1.82) is 0 Å². The number of aliphatic hydroxyl groups is 1. The number of nitrogens with one attached hydrogen (secondary N) is 1. The Morgan fingerprint density at radius 1 is 1.35 bits per heavy atom. The average molecular weight is 318 g/mol. The van der Waals surface area contributed by atoms with Crippen LogP contribution in [-0.4, -0.2) is 41.7 Å². The van der Waals surface area contributed by atoms with Crippen LogP contribution in [0.15, 0.2) is 18.2 Å². The molecule has 126 valence electrons. The Labute approximate surface area is 137 Å². The van der Waals surface area contributed by atoms with Crippen LogP contribution in [0.1, 0.15) is 44.8 Å². The van der Waals surface area contributed by atoms with Crippen molar-refractivity contribution in [1.82, 2.24) is 4.90 Å². The molecular weight excluding hydrogens is 292 g/mol. The Morgan fingerprint density at radius 2 is 2.09 bits per heavy atom. The molecule has 0 aliphatic carbocycles. The average Bonchev–Trinajstić information content (AvgIpc) is 2.54. The number of ether oxygens (including phenoxy) is 1. The first-order valence-corrected chi connectivity index (χ1v) is 8.55. The molecule has 2 aliphatic rings. The predicted molar refractivity (Wildman–Crippen MR) is 89.6 cm³/mol. The van der Waals surface area contributed by atoms with Gasteiger partial charge in [-0.3, -0.25) is 4.79 Å². The number of amides is 1. The van der Waals surface area contributed by atoms with Crippen LogP contribution in [-0.2, 0) is 4.79 Å². The number of piperidine rings is 1. The van der Waals surface area contributed by atoms with Gasteiger partial charge in [-0.25, -0.2) is 0 Å². The standard InChI is InChI=1S/C18H26N2O3/c1-12-5-8-20(9-6-12)10-7-16(21)14-3-4-17-15(11-14)19-18(22)13(2)23-17/h3-4,11-13,16,21H,5-10H2,1-2H3,(H,19,22). The van der Waals surface area contributed by atoms with Crippen molar-refractivity contribution in [2.75, 3.05) is 25.0 Å². The van der Waals surface area contributed by atoms with E-state index >= 15 is 0 Å². The van der Waals surface area contributed by atoms with Gasteiger partial charge in [0.2, 0.25) is 0 Å². The monoisotopic (exact) mass is 318 g/mol. The Bertz CT molecular complexity index is 567. The molecule has 2 heterocycles. The summed E-state index contributed by atoms with van der Waals surface area (Å²) in [6.45, 7) is 7.18. The molecule has 1 saturated heterocycles. The molecule has 3 rings (SSSR count). The van der Waals surface area contributed by atoms with Gasteiger partial charge in [-0.2, -0.15) is 0 Å². The van der Waals surface area contributed by atoms with Crippen LogP contribution in [0, 0.1) is 5.92 Å². The quantitative estimate of drug-likeness (QED) is 0.896. The highest BCUT2D eigenvalue weighted by Gasteiger charge is 2.24. The first-order valence-electron chi connectivity index (χ1n) is 8.55. The summed E-state index contributed by atoms with van der Waals surface area (Å²) in [7, 11) is 0. The third-order valence-electron chi connectivity index (χ3n) is 4.91. The second-order valence-corrected chi connectivity index (χ2v) is 6.83. The molecule has 2 N–H and O–H groups in total. The maximum absolute atomic E-state index is 11.7. The first kappa shape index (κ1) is 16.3. The Balaban J connectivity index is 1.58. The number of rotatable bonds is 4. The molecule has 0 radical (unpaired) electrons. The zero-order valence-electron chi connectivity index (χ0n) is 13.9. The van der Waals surface area contributed by atoms with Crippen LogP contribution in [0.4, 0.5) is 5.69 Å². The summed E-state index contributed by atoms with van der Waals surface area (Å²) in [5.74, 6) is 1.34. The summed E-state index contributed by atoms with van der Waals surface area (Å²) in [5.41, 5.74) is 1.48. The predicted octanol–water partition coefficient (Wildman–Crippen LogP) is 2.56. The lowest BCUT2D eigenvalue weighted by Gasteiger charge is -2.30. The van der Waals surface area contributed by atoms with Gasteiger partial charge in [0.05, 0.1) is 11.8 Å². The summed E-state index contributed by atoms with van der Waals surface area (Å²) < 4.78 is 5.54. The summed E-state index contributed by atoms with van der Waals surface area (Å²) in [5, 5.41) is 13.3. The molecule has 0 saturated carbocycles. The molecule has 2 unspecified atom stereocenters. The molecule has 0 spiro atoms. The Kier molecular flexibility index (Phi) is 4.87. The maximum Gasteiger partial charge on any atom is 0.265 e. The minimum absolute atomic E-state index is 0.147. The van der Waals surface area contributed by atoms with Gasteiger partial charge in [-0.05, 0) is 62.9 Å². The first-order chi connectivity index (χ1) is 11.0. The van der Waals surface area contributed by atoms with E-state index in [4.69, 9.17) is 4.74 Å². The molecule has 1 aromatic carbocycles. The van der Waals surface area contributed by atoms with Crippen LogP contribution >= 0.6 is 0 Å². The molecule has 2 atom stereocenters. The summed E-state index contributed by atoms with van der Waals surface area (Å²) in [6.07, 6.45) is 2.21. The minimum atomic E-state index is -0.518. The van der Waals surface area contributed by atoms with Crippen molar-refractivity contribution in [3.05, 3.63) is 23.8 Å². The molecule has 0 bridgehead atoms. The van der Waals surface area contributed by atoms with Crippen LogP contribution in [0.3, 0.4) is 0 Å². The summed E-state index contributed by atoms with van der Waals surface area (Å²) in [4.78, 5) is 14.1. The summed E-state index contributed by atoms with van der Waals surface area (Å²) >= 11 is 0. The molecule has 5 heteroatoms. The minimum Gasteiger partial charge on any atom is -0.479 e. The van der Waals surface area contributed by atoms with Crippen molar-refractivity contribution < 1.29 is 14.6 Å². The molecule has 1 amide bonds. The number of aliphatic hydroxyl groups excluding tert-OH is 1. The lowest BCUT2D eigenvalue weighted by molar-refractivity contribution is -0.122. The van der Waals surface area contributed by atoms with Crippen LogP contribution < -0.4 is 10.1 Å². The lowest BCUT2D eigenvalue weighted by Crippen LogP contribution is -2.34. The molecule has 2 aliphatic heterocycles. The third-order valence-corrected chi connectivity index (χ3v) is 4.91. The second-order valence-electron chi connectivity index (χ2n) is 6.83. The van der Waals surface area contributed by atoms with Crippen molar-refractivity contribution in [3.8, 4) is 5.75 Å². The van der Waals surface area contributed by atoms with Gasteiger partial charge < -0.3 is 20.1 Å². The Morgan fingerprint density at radius 3 is 2.83 bits per heavy atom.